The minimum absolute atomic E-state index is 0.0704. The van der Waals surface area contributed by atoms with Gasteiger partial charge in [0.15, 0.2) is 0 Å². The Bertz CT molecular complexity index is 289. The van der Waals surface area contributed by atoms with Crippen LogP contribution in [0.3, 0.4) is 0 Å². The number of ether oxygens (including phenoxy) is 1. The Morgan fingerprint density at radius 1 is 1.21 bits per heavy atom. The fraction of sp³-hybridized carbons (Fsp3) is 0.846. The Balaban J connectivity index is 2.21. The first-order valence-electron chi connectivity index (χ1n) is 6.93. The molecule has 6 nitrogen and oxygen atoms in total. The molecule has 0 radical (unpaired) electrons. The van der Waals surface area contributed by atoms with Crippen LogP contribution in [0.1, 0.15) is 19.8 Å². The highest BCUT2D eigenvalue weighted by Gasteiger charge is 2.21. The summed E-state index contributed by atoms with van der Waals surface area (Å²) in [6.07, 6.45) is 1.39. The molecule has 110 valence electrons. The maximum atomic E-state index is 11.8. The first kappa shape index (κ1) is 15.9. The van der Waals surface area contributed by atoms with Crippen molar-refractivity contribution in [2.75, 3.05) is 53.0 Å². The van der Waals surface area contributed by atoms with Crippen LogP contribution >= 0.6 is 0 Å². The lowest BCUT2D eigenvalue weighted by Gasteiger charge is -2.34. The average molecular weight is 271 g/mol. The van der Waals surface area contributed by atoms with Crippen LogP contribution < -0.4 is 5.32 Å². The topological polar surface area (TPSA) is 61.9 Å². The summed E-state index contributed by atoms with van der Waals surface area (Å²) in [5, 5.41) is 2.86. The fourth-order valence-electron chi connectivity index (χ4n) is 2.03. The lowest BCUT2D eigenvalue weighted by molar-refractivity contribution is -0.134. The summed E-state index contributed by atoms with van der Waals surface area (Å²) in [5.74, 6) is 0.206. The average Bonchev–Trinajstić information content (AvgIpc) is 2.43. The lowest BCUT2D eigenvalue weighted by Crippen LogP contribution is -2.51. The van der Waals surface area contributed by atoms with Crippen LogP contribution in [0.2, 0.25) is 0 Å². The largest absolute Gasteiger partial charge is 0.384 e. The van der Waals surface area contributed by atoms with Gasteiger partial charge in [-0.2, -0.15) is 0 Å². The summed E-state index contributed by atoms with van der Waals surface area (Å²) < 4.78 is 4.90. The number of amides is 2. The van der Waals surface area contributed by atoms with Crippen molar-refractivity contribution in [3.8, 4) is 0 Å². The third kappa shape index (κ3) is 6.02. The number of nitrogens with zero attached hydrogens (tertiary/aromatic N) is 2. The van der Waals surface area contributed by atoms with E-state index in [4.69, 9.17) is 4.74 Å². The van der Waals surface area contributed by atoms with Gasteiger partial charge in [-0.15, -0.1) is 0 Å². The summed E-state index contributed by atoms with van der Waals surface area (Å²) in [4.78, 5) is 27.3. The van der Waals surface area contributed by atoms with E-state index in [1.807, 2.05) is 11.8 Å². The van der Waals surface area contributed by atoms with Crippen molar-refractivity contribution >= 4 is 11.8 Å². The molecule has 1 saturated heterocycles. The third-order valence-electron chi connectivity index (χ3n) is 3.18. The Hall–Kier alpha value is -1.14. The summed E-state index contributed by atoms with van der Waals surface area (Å²) in [6, 6.07) is 0. The zero-order valence-electron chi connectivity index (χ0n) is 12.0. The van der Waals surface area contributed by atoms with Crippen molar-refractivity contribution in [2.45, 2.75) is 19.8 Å². The van der Waals surface area contributed by atoms with Crippen molar-refractivity contribution < 1.29 is 14.3 Å². The molecule has 1 heterocycles. The van der Waals surface area contributed by atoms with Gasteiger partial charge in [0.25, 0.3) is 0 Å². The minimum Gasteiger partial charge on any atom is -0.384 e. The molecule has 6 heteroatoms. The minimum atomic E-state index is 0.0704. The van der Waals surface area contributed by atoms with E-state index >= 15 is 0 Å². The van der Waals surface area contributed by atoms with Gasteiger partial charge in [0, 0.05) is 39.8 Å². The summed E-state index contributed by atoms with van der Waals surface area (Å²) in [5.41, 5.74) is 0. The molecule has 0 aromatic heterocycles. The highest BCUT2D eigenvalue weighted by atomic mass is 16.5. The van der Waals surface area contributed by atoms with Gasteiger partial charge >= 0.3 is 0 Å². The zero-order valence-corrected chi connectivity index (χ0v) is 12.0. The van der Waals surface area contributed by atoms with E-state index in [1.165, 1.54) is 0 Å². The highest BCUT2D eigenvalue weighted by Crippen LogP contribution is 2.03. The molecule has 0 saturated carbocycles. The third-order valence-corrected chi connectivity index (χ3v) is 3.18. The van der Waals surface area contributed by atoms with E-state index in [2.05, 4.69) is 10.2 Å². The molecule has 1 fully saturated rings. The quantitative estimate of drug-likeness (QED) is 0.690. The van der Waals surface area contributed by atoms with Gasteiger partial charge in [-0.05, 0) is 6.42 Å². The molecule has 19 heavy (non-hydrogen) atoms. The molecule has 1 N–H and O–H groups in total. The summed E-state index contributed by atoms with van der Waals surface area (Å²) >= 11 is 0. The number of hydrogen-bond donors (Lipinski definition) is 1. The second kappa shape index (κ2) is 8.87. The van der Waals surface area contributed by atoms with Gasteiger partial charge in [0.1, 0.15) is 0 Å². The molecular weight excluding hydrogens is 246 g/mol. The number of carbonyl (C=O) groups excluding carboxylic acids is 2. The van der Waals surface area contributed by atoms with Crippen LogP contribution in [0.4, 0.5) is 0 Å². The van der Waals surface area contributed by atoms with Gasteiger partial charge in [0.05, 0.1) is 19.6 Å². The lowest BCUT2D eigenvalue weighted by atomic mass is 10.2. The Morgan fingerprint density at radius 2 is 1.89 bits per heavy atom. The van der Waals surface area contributed by atoms with Crippen molar-refractivity contribution in [3.05, 3.63) is 0 Å². The van der Waals surface area contributed by atoms with E-state index in [1.54, 1.807) is 7.11 Å². The molecule has 0 atom stereocenters. The molecule has 0 bridgehead atoms. The predicted octanol–water partition coefficient (Wildman–Crippen LogP) is -0.307. The maximum absolute atomic E-state index is 11.8. The van der Waals surface area contributed by atoms with Crippen molar-refractivity contribution in [3.63, 3.8) is 0 Å². The van der Waals surface area contributed by atoms with Crippen molar-refractivity contribution in [1.29, 1.82) is 0 Å². The highest BCUT2D eigenvalue weighted by molar-refractivity contribution is 5.78. The molecule has 1 aliphatic heterocycles. The fourth-order valence-corrected chi connectivity index (χ4v) is 2.03. The van der Waals surface area contributed by atoms with E-state index in [0.717, 1.165) is 26.1 Å². The van der Waals surface area contributed by atoms with Gasteiger partial charge in [-0.1, -0.05) is 6.92 Å². The normalized spacial score (nSPS) is 16.4. The van der Waals surface area contributed by atoms with Crippen LogP contribution in [0.15, 0.2) is 0 Å². The molecule has 0 spiro atoms. The first-order valence-corrected chi connectivity index (χ1v) is 6.93. The van der Waals surface area contributed by atoms with Crippen LogP contribution in [-0.4, -0.2) is 74.6 Å². The zero-order chi connectivity index (χ0) is 14.1. The van der Waals surface area contributed by atoms with Gasteiger partial charge in [0.2, 0.25) is 11.8 Å². The molecule has 0 aromatic carbocycles. The number of methoxy groups -OCH3 is 1. The van der Waals surface area contributed by atoms with Crippen molar-refractivity contribution in [2.24, 2.45) is 0 Å². The Morgan fingerprint density at radius 3 is 2.47 bits per heavy atom. The second-order valence-electron chi connectivity index (χ2n) is 4.75. The van der Waals surface area contributed by atoms with Gasteiger partial charge in [-0.25, -0.2) is 0 Å². The van der Waals surface area contributed by atoms with Crippen LogP contribution in [0.5, 0.6) is 0 Å². The van der Waals surface area contributed by atoms with Crippen LogP contribution in [0.25, 0.3) is 0 Å². The summed E-state index contributed by atoms with van der Waals surface area (Å²) in [7, 11) is 1.60. The number of piperazine rings is 1. The molecule has 0 aromatic rings. The molecule has 1 aliphatic rings. The molecule has 0 aliphatic carbocycles. The van der Waals surface area contributed by atoms with E-state index < -0.39 is 0 Å². The maximum Gasteiger partial charge on any atom is 0.234 e. The van der Waals surface area contributed by atoms with Gasteiger partial charge < -0.3 is 15.0 Å². The first-order chi connectivity index (χ1) is 9.17. The smallest absolute Gasteiger partial charge is 0.234 e. The number of carbonyl (C=O) groups is 2. The van der Waals surface area contributed by atoms with Crippen LogP contribution in [-0.2, 0) is 14.3 Å². The van der Waals surface area contributed by atoms with Crippen molar-refractivity contribution in [1.82, 2.24) is 15.1 Å². The Kier molecular flexibility index (Phi) is 7.43. The monoisotopic (exact) mass is 271 g/mol. The molecule has 2 amide bonds. The van der Waals surface area contributed by atoms with Gasteiger partial charge in [-0.3, -0.25) is 14.5 Å². The molecule has 0 unspecified atom stereocenters. The molecule has 1 rings (SSSR count). The van der Waals surface area contributed by atoms with E-state index in [-0.39, 0.29) is 11.8 Å². The number of hydrogen-bond acceptors (Lipinski definition) is 4. The van der Waals surface area contributed by atoms with Crippen LogP contribution in [0, 0.1) is 0 Å². The molecular formula is C13H25N3O3. The second-order valence-corrected chi connectivity index (χ2v) is 4.75. The standard InChI is InChI=1S/C13H25N3O3/c1-3-5-14-12(17)11-15-6-8-16(9-7-15)13(18)4-10-19-2/h3-11H2,1-2H3,(H,14,17). The number of nitrogens with one attached hydrogen (secondary N) is 1. The Labute approximate surface area is 115 Å². The number of rotatable bonds is 7. The van der Waals surface area contributed by atoms with E-state index in [0.29, 0.717) is 32.7 Å². The van der Waals surface area contributed by atoms with E-state index in [9.17, 15) is 9.59 Å². The summed E-state index contributed by atoms with van der Waals surface area (Å²) in [6.45, 7) is 6.58. The SMILES string of the molecule is CCCNC(=O)CN1CCN(C(=O)CCOC)CC1. The predicted molar refractivity (Wildman–Crippen MR) is 72.8 cm³/mol.